The highest BCUT2D eigenvalue weighted by Crippen LogP contribution is 2.46. The van der Waals surface area contributed by atoms with E-state index < -0.39 is 41.7 Å². The van der Waals surface area contributed by atoms with Gasteiger partial charge in [0.05, 0.1) is 13.7 Å². The number of fused-ring (bicyclic) bond motifs is 3. The molecule has 1 aliphatic carbocycles. The van der Waals surface area contributed by atoms with Gasteiger partial charge in [0.25, 0.3) is 0 Å². The van der Waals surface area contributed by atoms with Crippen LogP contribution in [0.15, 0.2) is 66.7 Å². The molecule has 0 heterocycles. The van der Waals surface area contributed by atoms with Crippen LogP contribution in [0, 0.1) is 3.57 Å². The van der Waals surface area contributed by atoms with Crippen molar-refractivity contribution in [3.05, 3.63) is 87.0 Å². The zero-order valence-corrected chi connectivity index (χ0v) is 32.0. The van der Waals surface area contributed by atoms with E-state index >= 15 is 0 Å². The maximum Gasteiger partial charge on any atom is 0.407 e. The molecule has 1 aliphatic rings. The van der Waals surface area contributed by atoms with Crippen LogP contribution < -0.4 is 20.7 Å². The highest BCUT2D eigenvalue weighted by Gasteiger charge is 2.32. The summed E-state index contributed by atoms with van der Waals surface area (Å²) in [4.78, 5) is 51.9. The molecule has 1 unspecified atom stereocenters. The summed E-state index contributed by atoms with van der Waals surface area (Å²) < 4.78 is 22.8. The number of unbranched alkanes of at least 4 members (excludes halogenated alkanes) is 1. The Morgan fingerprint density at radius 2 is 1.59 bits per heavy atom. The van der Waals surface area contributed by atoms with Crippen molar-refractivity contribution in [1.29, 1.82) is 0 Å². The number of carbonyl (C=O) groups is 4. The number of hydrogen-bond donors (Lipinski definition) is 3. The molecule has 12 heteroatoms. The normalized spacial score (nSPS) is 14.3. The minimum atomic E-state index is -1.03. The second kappa shape index (κ2) is 18.8. The van der Waals surface area contributed by atoms with Crippen molar-refractivity contribution < 1.29 is 38.1 Å². The molecule has 274 valence electrons. The molecule has 3 N–H and O–H groups in total. The lowest BCUT2D eigenvalue weighted by molar-refractivity contribution is -0.145. The number of carbonyl (C=O) groups excluding carboxylic acids is 4. The number of halogens is 1. The zero-order chi connectivity index (χ0) is 37.0. The molecule has 0 saturated carbocycles. The lowest BCUT2D eigenvalue weighted by Gasteiger charge is -2.23. The predicted molar refractivity (Wildman–Crippen MR) is 203 cm³/mol. The standard InChI is InChI=1S/C39H48IN3O8/c1-6-22-49-26-19-17-25(18-20-26)23-33(36(45)48-5)42-35(44)32(16-9-10-21-41-37(46)51-39(2,3)4)43-38(47)50-24-30-28-13-8-7-12-27(28)29-14-11-15-31(40)34(29)30/h7-8,11-15,17-20,30,32-33H,6,9-10,16,21-24H2,1-5H3,(H,41,46)(H,42,44)(H,43,47)/t30?,32-,33-/m0/s1. The minimum Gasteiger partial charge on any atom is -0.494 e. The molecule has 3 atom stereocenters. The van der Waals surface area contributed by atoms with E-state index in [0.29, 0.717) is 31.7 Å². The van der Waals surface area contributed by atoms with Crippen molar-refractivity contribution in [3.8, 4) is 16.9 Å². The SMILES string of the molecule is CCCOc1ccc(C[C@H](NC(=O)[C@H](CCCCNC(=O)OC(C)(C)C)NC(=O)OCC2c3ccccc3-c3cccc(I)c32)C(=O)OC)cc1. The first-order valence-electron chi connectivity index (χ1n) is 17.3. The molecule has 4 rings (SSSR count). The molecule has 3 amide bonds. The minimum absolute atomic E-state index is 0.0762. The van der Waals surface area contributed by atoms with E-state index in [4.69, 9.17) is 18.9 Å². The van der Waals surface area contributed by atoms with Gasteiger partial charge in [-0.25, -0.2) is 14.4 Å². The molecule has 0 fully saturated rings. The van der Waals surface area contributed by atoms with Gasteiger partial charge in [0.1, 0.15) is 30.0 Å². The number of esters is 1. The third-order valence-corrected chi connectivity index (χ3v) is 9.18. The van der Waals surface area contributed by atoms with E-state index in [1.54, 1.807) is 20.8 Å². The fourth-order valence-electron chi connectivity index (χ4n) is 5.88. The van der Waals surface area contributed by atoms with Gasteiger partial charge >= 0.3 is 18.2 Å². The number of hydrogen-bond acceptors (Lipinski definition) is 8. The number of nitrogens with one attached hydrogen (secondary N) is 3. The van der Waals surface area contributed by atoms with Gasteiger partial charge in [0, 0.05) is 22.5 Å². The molecule has 11 nitrogen and oxygen atoms in total. The van der Waals surface area contributed by atoms with Crippen molar-refractivity contribution in [2.75, 3.05) is 26.9 Å². The van der Waals surface area contributed by atoms with Crippen LogP contribution in [-0.2, 0) is 30.2 Å². The number of methoxy groups -OCH3 is 1. The van der Waals surface area contributed by atoms with Gasteiger partial charge < -0.3 is 34.9 Å². The van der Waals surface area contributed by atoms with Crippen LogP contribution in [0.2, 0.25) is 0 Å². The molecular weight excluding hydrogens is 765 g/mol. The summed E-state index contributed by atoms with van der Waals surface area (Å²) in [6.07, 6.45) is 0.969. The van der Waals surface area contributed by atoms with Crippen molar-refractivity contribution >= 4 is 46.7 Å². The smallest absolute Gasteiger partial charge is 0.407 e. The molecule has 3 aromatic carbocycles. The number of alkyl carbamates (subject to hydrolysis) is 2. The first-order chi connectivity index (χ1) is 24.4. The first kappa shape index (κ1) is 39.5. The van der Waals surface area contributed by atoms with Crippen LogP contribution in [0.5, 0.6) is 5.75 Å². The fraction of sp³-hybridized carbons (Fsp3) is 0.436. The monoisotopic (exact) mass is 813 g/mol. The molecule has 0 aliphatic heterocycles. The maximum atomic E-state index is 13.7. The van der Waals surface area contributed by atoms with Crippen molar-refractivity contribution in [2.45, 2.75) is 83.4 Å². The topological polar surface area (TPSA) is 141 Å². The van der Waals surface area contributed by atoms with E-state index in [9.17, 15) is 19.2 Å². The van der Waals surface area contributed by atoms with E-state index in [2.05, 4.69) is 50.7 Å². The Bertz CT molecular complexity index is 1660. The van der Waals surface area contributed by atoms with Gasteiger partial charge in [0.2, 0.25) is 5.91 Å². The summed E-state index contributed by atoms with van der Waals surface area (Å²) in [5.74, 6) is -0.631. The van der Waals surface area contributed by atoms with Crippen molar-refractivity contribution in [2.24, 2.45) is 0 Å². The highest BCUT2D eigenvalue weighted by atomic mass is 127. The Morgan fingerprint density at radius 1 is 0.863 bits per heavy atom. The van der Waals surface area contributed by atoms with E-state index in [0.717, 1.165) is 37.8 Å². The summed E-state index contributed by atoms with van der Waals surface area (Å²) in [5.41, 5.74) is 4.56. The van der Waals surface area contributed by atoms with Gasteiger partial charge in [-0.15, -0.1) is 0 Å². The maximum absolute atomic E-state index is 13.7. The average molecular weight is 814 g/mol. The van der Waals surface area contributed by atoms with Crippen LogP contribution >= 0.6 is 22.6 Å². The second-order valence-electron chi connectivity index (χ2n) is 13.3. The van der Waals surface area contributed by atoms with Crippen LogP contribution in [0.4, 0.5) is 9.59 Å². The van der Waals surface area contributed by atoms with Crippen LogP contribution in [0.25, 0.3) is 11.1 Å². The van der Waals surface area contributed by atoms with Gasteiger partial charge in [-0.3, -0.25) is 4.79 Å². The molecular formula is C39H48IN3O8. The number of ether oxygens (including phenoxy) is 4. The molecule has 0 aromatic heterocycles. The van der Waals surface area contributed by atoms with Crippen molar-refractivity contribution in [3.63, 3.8) is 0 Å². The van der Waals surface area contributed by atoms with E-state index in [-0.39, 0.29) is 25.4 Å². The first-order valence-corrected chi connectivity index (χ1v) is 18.4. The zero-order valence-electron chi connectivity index (χ0n) is 29.9. The summed E-state index contributed by atoms with van der Waals surface area (Å²) >= 11 is 2.30. The number of amides is 3. The molecule has 51 heavy (non-hydrogen) atoms. The fourth-order valence-corrected chi connectivity index (χ4v) is 6.75. The quantitative estimate of drug-likeness (QED) is 0.0616. The van der Waals surface area contributed by atoms with Crippen LogP contribution in [0.1, 0.15) is 76.0 Å². The Labute approximate surface area is 313 Å². The summed E-state index contributed by atoms with van der Waals surface area (Å²) in [5, 5.41) is 8.22. The Morgan fingerprint density at radius 3 is 2.29 bits per heavy atom. The number of rotatable bonds is 16. The molecule has 0 saturated heterocycles. The summed E-state index contributed by atoms with van der Waals surface area (Å²) in [7, 11) is 1.26. The second-order valence-corrected chi connectivity index (χ2v) is 14.5. The highest BCUT2D eigenvalue weighted by molar-refractivity contribution is 14.1. The summed E-state index contributed by atoms with van der Waals surface area (Å²) in [6, 6.07) is 19.4. The third-order valence-electron chi connectivity index (χ3n) is 8.24. The van der Waals surface area contributed by atoms with Gasteiger partial charge in [-0.2, -0.15) is 0 Å². The van der Waals surface area contributed by atoms with Gasteiger partial charge in [0.15, 0.2) is 0 Å². The molecule has 0 radical (unpaired) electrons. The Kier molecular flexibility index (Phi) is 14.5. The third kappa shape index (κ3) is 11.6. The van der Waals surface area contributed by atoms with E-state index in [1.165, 1.54) is 7.11 Å². The largest absolute Gasteiger partial charge is 0.494 e. The predicted octanol–water partition coefficient (Wildman–Crippen LogP) is 6.88. The average Bonchev–Trinajstić information content (AvgIpc) is 3.42. The van der Waals surface area contributed by atoms with Gasteiger partial charge in [-0.1, -0.05) is 55.5 Å². The lowest BCUT2D eigenvalue weighted by atomic mass is 9.98. The molecule has 0 bridgehead atoms. The Hall–Kier alpha value is -4.33. The lowest BCUT2D eigenvalue weighted by Crippen LogP contribution is -2.52. The Balaban J connectivity index is 1.43. The number of benzene rings is 3. The summed E-state index contributed by atoms with van der Waals surface area (Å²) in [6.45, 7) is 8.35. The molecule has 0 spiro atoms. The van der Waals surface area contributed by atoms with Gasteiger partial charge in [-0.05, 0) is 115 Å². The molecule has 3 aromatic rings. The van der Waals surface area contributed by atoms with E-state index in [1.807, 2.05) is 61.5 Å². The van der Waals surface area contributed by atoms with Crippen LogP contribution in [-0.4, -0.2) is 68.6 Å². The van der Waals surface area contributed by atoms with Crippen LogP contribution in [0.3, 0.4) is 0 Å². The van der Waals surface area contributed by atoms with Crippen molar-refractivity contribution in [1.82, 2.24) is 16.0 Å².